The van der Waals surface area contributed by atoms with Crippen LogP contribution in [-0.2, 0) is 24.1 Å². The average Bonchev–Trinajstić information content (AvgIpc) is 3.08. The minimum atomic E-state index is -1.26. The monoisotopic (exact) mass is 373 g/mol. The molecule has 1 aromatic heterocycles. The number of rotatable bonds is 6. The number of hydrogen-bond acceptors (Lipinski definition) is 6. The van der Waals surface area contributed by atoms with Crippen LogP contribution in [0, 0.1) is 0 Å². The molecule has 1 aliphatic heterocycles. The summed E-state index contributed by atoms with van der Waals surface area (Å²) >= 11 is 0. The Balaban J connectivity index is 1.66. The molecule has 0 saturated heterocycles. The minimum absolute atomic E-state index is 0.230. The van der Waals surface area contributed by atoms with Gasteiger partial charge in [0.2, 0.25) is 5.91 Å². The Morgan fingerprint density at radius 1 is 1.30 bits per heavy atom. The van der Waals surface area contributed by atoms with Gasteiger partial charge in [-0.1, -0.05) is 11.3 Å². The number of carbonyl (C=O) groups excluding carboxylic acids is 1. The van der Waals surface area contributed by atoms with Crippen molar-refractivity contribution < 1.29 is 14.7 Å². The molecule has 4 N–H and O–H groups in total. The summed E-state index contributed by atoms with van der Waals surface area (Å²) in [5, 5.41) is 27.5. The lowest BCUT2D eigenvalue weighted by molar-refractivity contribution is -0.118. The van der Waals surface area contributed by atoms with Gasteiger partial charge in [0, 0.05) is 25.2 Å². The first-order chi connectivity index (χ1) is 13.0. The molecule has 0 radical (unpaired) electrons. The predicted octanol–water partition coefficient (Wildman–Crippen LogP) is 0.438. The van der Waals surface area contributed by atoms with E-state index in [1.807, 2.05) is 18.2 Å². The number of hydrogen-bond donors (Lipinski definition) is 4. The third-order valence-electron chi connectivity index (χ3n) is 4.66. The van der Waals surface area contributed by atoms with Gasteiger partial charge in [-0.15, -0.1) is 10.2 Å². The van der Waals surface area contributed by atoms with Crippen molar-refractivity contribution in [1.29, 1.82) is 0 Å². The lowest BCUT2D eigenvalue weighted by Crippen LogP contribution is -2.43. The first-order valence-electron chi connectivity index (χ1n) is 8.84. The molecule has 1 atom stereocenters. The number of H-pyrrole nitrogens is 1. The first-order valence-corrected chi connectivity index (χ1v) is 8.84. The fourth-order valence-corrected chi connectivity index (χ4v) is 3.12. The molecule has 1 aliphatic rings. The van der Waals surface area contributed by atoms with Crippen LogP contribution in [0.2, 0.25) is 0 Å². The van der Waals surface area contributed by atoms with E-state index in [1.54, 1.807) is 0 Å². The maximum atomic E-state index is 12.6. The summed E-state index contributed by atoms with van der Waals surface area (Å²) in [5.41, 5.74) is 3.17. The summed E-state index contributed by atoms with van der Waals surface area (Å²) in [5.74, 6) is 0.0146. The molecule has 1 aromatic carbocycles. The third-order valence-corrected chi connectivity index (χ3v) is 4.66. The molecule has 0 saturated carbocycles. The second-order valence-electron chi connectivity index (χ2n) is 6.64. The predicted molar refractivity (Wildman–Crippen MR) is 97.4 cm³/mol. The van der Waals surface area contributed by atoms with Crippen LogP contribution in [-0.4, -0.2) is 68.8 Å². The smallest absolute Gasteiger partial charge is 0.405 e. The van der Waals surface area contributed by atoms with Gasteiger partial charge in [-0.25, -0.2) is 4.79 Å². The summed E-state index contributed by atoms with van der Waals surface area (Å²) in [6.07, 6.45) is 1.20. The highest BCUT2D eigenvalue weighted by Crippen LogP contribution is 2.20. The Hall–Kier alpha value is -3.01. The zero-order chi connectivity index (χ0) is 19.2. The quantitative estimate of drug-likeness (QED) is 0.577. The van der Waals surface area contributed by atoms with Crippen molar-refractivity contribution in [1.82, 2.24) is 30.8 Å². The van der Waals surface area contributed by atoms with Crippen molar-refractivity contribution in [2.75, 3.05) is 25.5 Å². The van der Waals surface area contributed by atoms with Crippen molar-refractivity contribution >= 4 is 17.7 Å². The van der Waals surface area contributed by atoms with Crippen LogP contribution in [0.4, 0.5) is 10.5 Å². The van der Waals surface area contributed by atoms with E-state index < -0.39 is 18.0 Å². The zero-order valence-electron chi connectivity index (χ0n) is 15.1. The molecule has 0 bridgehead atoms. The highest BCUT2D eigenvalue weighted by atomic mass is 16.4. The number of likely N-dealkylation sites (N-methyl/N-ethyl adjacent to an activating group) is 1. The van der Waals surface area contributed by atoms with Crippen LogP contribution in [0.15, 0.2) is 18.2 Å². The SMILES string of the molecule is CN1CCc2ccc(NC(=O)[C@@H](CCc3nn[nH]n3)NC(=O)O)cc2CC1. The summed E-state index contributed by atoms with van der Waals surface area (Å²) < 4.78 is 0. The molecule has 144 valence electrons. The fraction of sp³-hybridized carbons (Fsp3) is 0.471. The number of tetrazole rings is 1. The topological polar surface area (TPSA) is 136 Å². The van der Waals surface area contributed by atoms with Gasteiger partial charge in [-0.2, -0.15) is 5.21 Å². The number of aromatic nitrogens is 4. The van der Waals surface area contributed by atoms with Gasteiger partial charge in [-0.3, -0.25) is 4.79 Å². The Kier molecular flexibility index (Phi) is 5.97. The van der Waals surface area contributed by atoms with E-state index in [0.29, 0.717) is 17.9 Å². The molecule has 10 heteroatoms. The van der Waals surface area contributed by atoms with Crippen molar-refractivity contribution in [3.63, 3.8) is 0 Å². The van der Waals surface area contributed by atoms with Crippen molar-refractivity contribution in [3.8, 4) is 0 Å². The van der Waals surface area contributed by atoms with Gasteiger partial charge < -0.3 is 20.6 Å². The van der Waals surface area contributed by atoms with E-state index in [9.17, 15) is 9.59 Å². The molecule has 0 spiro atoms. The van der Waals surface area contributed by atoms with Crippen molar-refractivity contribution in [2.45, 2.75) is 31.7 Å². The molecule has 0 aliphatic carbocycles. The van der Waals surface area contributed by atoms with E-state index in [-0.39, 0.29) is 6.42 Å². The van der Waals surface area contributed by atoms with Gasteiger partial charge in [0.1, 0.15) is 6.04 Å². The number of fused-ring (bicyclic) bond motifs is 1. The van der Waals surface area contributed by atoms with Crippen LogP contribution in [0.3, 0.4) is 0 Å². The normalized spacial score (nSPS) is 15.4. The number of anilines is 1. The Morgan fingerprint density at radius 3 is 2.78 bits per heavy atom. The summed E-state index contributed by atoms with van der Waals surface area (Å²) in [7, 11) is 2.10. The molecule has 3 rings (SSSR count). The lowest BCUT2D eigenvalue weighted by atomic mass is 10.0. The average molecular weight is 373 g/mol. The fourth-order valence-electron chi connectivity index (χ4n) is 3.12. The number of amides is 2. The van der Waals surface area contributed by atoms with Crippen LogP contribution in [0.5, 0.6) is 0 Å². The number of benzene rings is 1. The van der Waals surface area contributed by atoms with E-state index in [4.69, 9.17) is 5.11 Å². The van der Waals surface area contributed by atoms with E-state index in [2.05, 4.69) is 43.2 Å². The molecule has 0 fully saturated rings. The maximum Gasteiger partial charge on any atom is 0.405 e. The number of aryl methyl sites for hydroxylation is 1. The molecule has 2 amide bonds. The van der Waals surface area contributed by atoms with Gasteiger partial charge in [0.15, 0.2) is 5.82 Å². The molecule has 0 unspecified atom stereocenters. The third kappa shape index (κ3) is 5.23. The van der Waals surface area contributed by atoms with E-state index >= 15 is 0 Å². The van der Waals surface area contributed by atoms with Crippen molar-refractivity contribution in [2.24, 2.45) is 0 Å². The number of carboxylic acid groups (broad SMARTS) is 1. The number of carbonyl (C=O) groups is 2. The van der Waals surface area contributed by atoms with Gasteiger partial charge in [0.25, 0.3) is 0 Å². The van der Waals surface area contributed by atoms with Crippen LogP contribution < -0.4 is 10.6 Å². The zero-order valence-corrected chi connectivity index (χ0v) is 15.1. The Morgan fingerprint density at radius 2 is 2.07 bits per heavy atom. The molecule has 2 aromatic rings. The molecule has 10 nitrogen and oxygen atoms in total. The van der Waals surface area contributed by atoms with Gasteiger partial charge in [-0.05, 0) is 49.6 Å². The highest BCUT2D eigenvalue weighted by Gasteiger charge is 2.22. The summed E-state index contributed by atoms with van der Waals surface area (Å²) in [4.78, 5) is 25.9. The molecular weight excluding hydrogens is 350 g/mol. The second kappa shape index (κ2) is 8.58. The molecule has 2 heterocycles. The number of aromatic amines is 1. The number of nitrogens with zero attached hydrogens (tertiary/aromatic N) is 4. The highest BCUT2D eigenvalue weighted by molar-refractivity contribution is 5.96. The summed E-state index contributed by atoms with van der Waals surface area (Å²) in [6, 6.07) is 4.96. The Bertz CT molecular complexity index is 794. The van der Waals surface area contributed by atoms with Crippen LogP contribution >= 0.6 is 0 Å². The molecular formula is C17H23N7O3. The van der Waals surface area contributed by atoms with Crippen molar-refractivity contribution in [3.05, 3.63) is 35.2 Å². The number of nitrogens with one attached hydrogen (secondary N) is 3. The minimum Gasteiger partial charge on any atom is -0.465 e. The molecule has 27 heavy (non-hydrogen) atoms. The van der Waals surface area contributed by atoms with E-state index in [1.165, 1.54) is 11.1 Å². The van der Waals surface area contributed by atoms with Crippen LogP contribution in [0.1, 0.15) is 23.4 Å². The van der Waals surface area contributed by atoms with Crippen LogP contribution in [0.25, 0.3) is 0 Å². The second-order valence-corrected chi connectivity index (χ2v) is 6.64. The summed E-state index contributed by atoms with van der Waals surface area (Å²) in [6.45, 7) is 1.98. The maximum absolute atomic E-state index is 12.6. The first kappa shape index (κ1) is 18.8. The van der Waals surface area contributed by atoms with E-state index in [0.717, 1.165) is 25.9 Å². The van der Waals surface area contributed by atoms with Gasteiger partial charge >= 0.3 is 6.09 Å². The lowest BCUT2D eigenvalue weighted by Gasteiger charge is -2.17. The largest absolute Gasteiger partial charge is 0.465 e. The van der Waals surface area contributed by atoms with Gasteiger partial charge in [0.05, 0.1) is 0 Å². The standard InChI is InChI=1S/C17H23N7O3/c1-24-8-6-11-2-3-13(10-12(11)7-9-24)18-16(25)14(19-17(26)27)4-5-15-20-22-23-21-15/h2-3,10,14,19H,4-9H2,1H3,(H,18,25)(H,26,27)(H,20,21,22,23)/t14-/m1/s1. The Labute approximate surface area is 156 Å².